The van der Waals surface area contributed by atoms with Gasteiger partial charge in [0.15, 0.2) is 0 Å². The van der Waals surface area contributed by atoms with E-state index < -0.39 is 0 Å². The summed E-state index contributed by atoms with van der Waals surface area (Å²) in [5.74, 6) is 1.94. The molecule has 0 unspecified atom stereocenters. The molecule has 0 atom stereocenters. The molecule has 0 heterocycles. The Balaban J connectivity index is 1.86. The van der Waals surface area contributed by atoms with Crippen LogP contribution in [0.3, 0.4) is 0 Å². The van der Waals surface area contributed by atoms with Crippen molar-refractivity contribution in [1.29, 1.82) is 0 Å². The number of likely N-dealkylation sites (N-methyl/N-ethyl adjacent to an activating group) is 1. The van der Waals surface area contributed by atoms with Crippen LogP contribution >= 0.6 is 0 Å². The molecule has 0 amide bonds. The molecule has 0 saturated heterocycles. The zero-order valence-corrected chi connectivity index (χ0v) is 12.5. The second-order valence-corrected chi connectivity index (χ2v) is 6.84. The van der Waals surface area contributed by atoms with E-state index in [-0.39, 0.29) is 0 Å². The molecule has 0 bridgehead atoms. The van der Waals surface area contributed by atoms with Gasteiger partial charge < -0.3 is 5.73 Å². The summed E-state index contributed by atoms with van der Waals surface area (Å²) >= 11 is 0. The molecule has 2 N–H and O–H groups in total. The van der Waals surface area contributed by atoms with E-state index in [0.29, 0.717) is 5.54 Å². The second kappa shape index (κ2) is 6.38. The van der Waals surface area contributed by atoms with Crippen molar-refractivity contribution in [3.8, 4) is 0 Å². The fourth-order valence-corrected chi connectivity index (χ4v) is 3.91. The van der Waals surface area contributed by atoms with Crippen LogP contribution in [0, 0.1) is 11.8 Å². The van der Waals surface area contributed by atoms with Crippen molar-refractivity contribution >= 4 is 0 Å². The van der Waals surface area contributed by atoms with E-state index in [1.807, 2.05) is 0 Å². The molecule has 0 radical (unpaired) electrons. The predicted octanol–water partition coefficient (Wildman–Crippen LogP) is 3.41. The van der Waals surface area contributed by atoms with Crippen molar-refractivity contribution in [3.05, 3.63) is 0 Å². The number of rotatable bonds is 6. The fourth-order valence-electron chi connectivity index (χ4n) is 3.91. The van der Waals surface area contributed by atoms with Crippen LogP contribution in [0.4, 0.5) is 0 Å². The molecule has 0 spiro atoms. The van der Waals surface area contributed by atoms with Gasteiger partial charge >= 0.3 is 0 Å². The fraction of sp³-hybridized carbons (Fsp3) is 1.00. The third-order valence-electron chi connectivity index (χ3n) is 5.68. The van der Waals surface area contributed by atoms with E-state index in [4.69, 9.17) is 5.73 Å². The van der Waals surface area contributed by atoms with Crippen molar-refractivity contribution < 1.29 is 0 Å². The summed E-state index contributed by atoms with van der Waals surface area (Å²) in [6.07, 6.45) is 12.6. The van der Waals surface area contributed by atoms with E-state index in [1.165, 1.54) is 64.3 Å². The standard InChI is InChI=1S/C16H32N2/c1-3-5-14-8-10-16(13-17,11-9-14)18(2)12-15-6-4-7-15/h14-15H,3-13,17H2,1-2H3. The second-order valence-electron chi connectivity index (χ2n) is 6.84. The maximum Gasteiger partial charge on any atom is 0.0329 e. The molecule has 18 heavy (non-hydrogen) atoms. The minimum atomic E-state index is 0.333. The Morgan fingerprint density at radius 3 is 2.22 bits per heavy atom. The number of hydrogen-bond donors (Lipinski definition) is 1. The predicted molar refractivity (Wildman–Crippen MR) is 78.6 cm³/mol. The van der Waals surface area contributed by atoms with Crippen molar-refractivity contribution in [2.24, 2.45) is 17.6 Å². The SMILES string of the molecule is CCCC1CCC(CN)(N(C)CC2CCC2)CC1. The topological polar surface area (TPSA) is 29.3 Å². The van der Waals surface area contributed by atoms with E-state index in [9.17, 15) is 0 Å². The Hall–Kier alpha value is -0.0800. The maximum absolute atomic E-state index is 6.15. The summed E-state index contributed by atoms with van der Waals surface area (Å²) < 4.78 is 0. The number of hydrogen-bond acceptors (Lipinski definition) is 2. The average Bonchev–Trinajstić information content (AvgIpc) is 2.35. The van der Waals surface area contributed by atoms with Crippen molar-refractivity contribution in [2.45, 2.75) is 70.3 Å². The van der Waals surface area contributed by atoms with Crippen LogP contribution in [-0.4, -0.2) is 30.6 Å². The third-order valence-corrected chi connectivity index (χ3v) is 5.68. The summed E-state index contributed by atoms with van der Waals surface area (Å²) in [5, 5.41) is 0. The molecule has 2 aliphatic carbocycles. The smallest absolute Gasteiger partial charge is 0.0329 e. The lowest BCUT2D eigenvalue weighted by Gasteiger charge is -2.48. The average molecular weight is 252 g/mol. The quantitative estimate of drug-likeness (QED) is 0.785. The highest BCUT2D eigenvalue weighted by Crippen LogP contribution is 2.38. The van der Waals surface area contributed by atoms with Gasteiger partial charge in [-0.1, -0.05) is 26.2 Å². The van der Waals surface area contributed by atoms with Gasteiger partial charge in [0.1, 0.15) is 0 Å². The van der Waals surface area contributed by atoms with Crippen LogP contribution in [0.5, 0.6) is 0 Å². The molecule has 106 valence electrons. The molecular weight excluding hydrogens is 220 g/mol. The first-order valence-corrected chi connectivity index (χ1v) is 8.11. The summed E-state index contributed by atoms with van der Waals surface area (Å²) in [7, 11) is 2.32. The zero-order chi connectivity index (χ0) is 13.0. The lowest BCUT2D eigenvalue weighted by Crippen LogP contribution is -2.55. The van der Waals surface area contributed by atoms with Gasteiger partial charge in [0.2, 0.25) is 0 Å². The molecule has 2 saturated carbocycles. The Labute approximate surface area is 113 Å². The van der Waals surface area contributed by atoms with Crippen LogP contribution in [0.1, 0.15) is 64.7 Å². The summed E-state index contributed by atoms with van der Waals surface area (Å²) in [4.78, 5) is 2.62. The van der Waals surface area contributed by atoms with Crippen LogP contribution in [0.2, 0.25) is 0 Å². The highest BCUT2D eigenvalue weighted by Gasteiger charge is 2.38. The highest BCUT2D eigenvalue weighted by molar-refractivity contribution is 4.95. The van der Waals surface area contributed by atoms with E-state index >= 15 is 0 Å². The lowest BCUT2D eigenvalue weighted by molar-refractivity contribution is 0.0390. The highest BCUT2D eigenvalue weighted by atomic mass is 15.2. The van der Waals surface area contributed by atoms with Gasteiger partial charge in [-0.05, 0) is 57.4 Å². The van der Waals surface area contributed by atoms with E-state index in [1.54, 1.807) is 0 Å². The summed E-state index contributed by atoms with van der Waals surface area (Å²) in [5.41, 5.74) is 6.49. The molecule has 0 aromatic rings. The summed E-state index contributed by atoms with van der Waals surface area (Å²) in [6, 6.07) is 0. The van der Waals surface area contributed by atoms with Crippen LogP contribution in [0.25, 0.3) is 0 Å². The van der Waals surface area contributed by atoms with Crippen molar-refractivity contribution in [1.82, 2.24) is 4.90 Å². The Kier molecular flexibility index (Phi) is 5.08. The lowest BCUT2D eigenvalue weighted by atomic mass is 9.73. The van der Waals surface area contributed by atoms with Crippen LogP contribution in [-0.2, 0) is 0 Å². The van der Waals surface area contributed by atoms with Gasteiger partial charge in [-0.3, -0.25) is 4.90 Å². The maximum atomic E-state index is 6.15. The van der Waals surface area contributed by atoms with Gasteiger partial charge in [0.25, 0.3) is 0 Å². The molecule has 2 nitrogen and oxygen atoms in total. The monoisotopic (exact) mass is 252 g/mol. The molecule has 0 aliphatic heterocycles. The molecule has 2 fully saturated rings. The third kappa shape index (κ3) is 3.08. The Morgan fingerprint density at radius 2 is 1.78 bits per heavy atom. The van der Waals surface area contributed by atoms with Crippen molar-refractivity contribution in [3.63, 3.8) is 0 Å². The van der Waals surface area contributed by atoms with Crippen LogP contribution in [0.15, 0.2) is 0 Å². The molecule has 2 rings (SSSR count). The molecule has 2 heteroatoms. The number of nitrogens with zero attached hydrogens (tertiary/aromatic N) is 1. The Bertz CT molecular complexity index is 239. The largest absolute Gasteiger partial charge is 0.329 e. The van der Waals surface area contributed by atoms with Gasteiger partial charge in [-0.15, -0.1) is 0 Å². The van der Waals surface area contributed by atoms with E-state index in [0.717, 1.165) is 18.4 Å². The first-order chi connectivity index (χ1) is 8.70. The zero-order valence-electron chi connectivity index (χ0n) is 12.5. The first kappa shape index (κ1) is 14.3. The summed E-state index contributed by atoms with van der Waals surface area (Å²) in [6.45, 7) is 4.46. The van der Waals surface area contributed by atoms with E-state index in [2.05, 4.69) is 18.9 Å². The van der Waals surface area contributed by atoms with Gasteiger partial charge in [-0.2, -0.15) is 0 Å². The van der Waals surface area contributed by atoms with Crippen LogP contribution < -0.4 is 5.73 Å². The molecular formula is C16H32N2. The van der Waals surface area contributed by atoms with Gasteiger partial charge in [0, 0.05) is 18.6 Å². The normalized spacial score (nSPS) is 33.7. The first-order valence-electron chi connectivity index (χ1n) is 8.11. The Morgan fingerprint density at radius 1 is 1.11 bits per heavy atom. The van der Waals surface area contributed by atoms with Gasteiger partial charge in [-0.25, -0.2) is 0 Å². The minimum Gasteiger partial charge on any atom is -0.329 e. The van der Waals surface area contributed by atoms with Crippen molar-refractivity contribution in [2.75, 3.05) is 20.1 Å². The number of nitrogens with two attached hydrogens (primary N) is 1. The van der Waals surface area contributed by atoms with Gasteiger partial charge in [0.05, 0.1) is 0 Å². The minimum absolute atomic E-state index is 0.333. The molecule has 0 aromatic heterocycles. The molecule has 0 aromatic carbocycles. The molecule has 2 aliphatic rings.